The Morgan fingerprint density at radius 1 is 0.432 bits per heavy atom. The highest BCUT2D eigenvalue weighted by molar-refractivity contribution is 7.90. The van der Waals surface area contributed by atoms with E-state index < -0.39 is 202 Å². The van der Waals surface area contributed by atoms with Crippen molar-refractivity contribution in [1.82, 2.24) is 96.2 Å². The Kier molecular flexibility index (Phi) is 39.7. The summed E-state index contributed by atoms with van der Waals surface area (Å²) >= 11 is 0. The summed E-state index contributed by atoms with van der Waals surface area (Å²) in [6.07, 6.45) is 8.03. The highest BCUT2D eigenvalue weighted by atomic mass is 32.2. The van der Waals surface area contributed by atoms with Crippen molar-refractivity contribution in [2.24, 2.45) is 28.2 Å². The third-order valence-electron chi connectivity index (χ3n) is 21.6. The number of imidazole rings is 2. The van der Waals surface area contributed by atoms with Gasteiger partial charge < -0.3 is 107 Å². The fourth-order valence-corrected chi connectivity index (χ4v) is 19.2. The molecule has 8 aromatic rings. The Morgan fingerprint density at radius 2 is 0.791 bits per heavy atom. The van der Waals surface area contributed by atoms with E-state index in [4.69, 9.17) is 9.47 Å². The molecule has 4 aromatic carbocycles. The van der Waals surface area contributed by atoms with E-state index in [9.17, 15) is 120 Å². The minimum atomic E-state index is -5.06. The highest BCUT2D eigenvalue weighted by Crippen LogP contribution is 2.29. The predicted octanol–water partition coefficient (Wildman–Crippen LogP) is -1.98. The lowest BCUT2D eigenvalue weighted by atomic mass is 10.1. The number of amides is 10. The molecule has 2 unspecified atom stereocenters. The molecule has 19 N–H and O–H groups in total. The first-order valence-corrected chi connectivity index (χ1v) is 49.7. The third-order valence-corrected chi connectivity index (χ3v) is 26.7. The second kappa shape index (κ2) is 50.0. The number of aryl methyl sites for hydroxylation is 8. The molecule has 4 heterocycles. The fraction of sp³-hybridized carbons (Fsp3) is 0.442. The Morgan fingerprint density at radius 3 is 1.14 bits per heavy atom. The molecule has 0 fully saturated rings. The Bertz CT molecular complexity index is 6500. The van der Waals surface area contributed by atoms with E-state index in [1.54, 1.807) is 93.5 Å². The van der Waals surface area contributed by atoms with Gasteiger partial charge in [-0.05, 0) is 149 Å². The maximum atomic E-state index is 13.8. The van der Waals surface area contributed by atoms with Gasteiger partial charge in [0.2, 0.25) is 90.1 Å². The molecular formula is C86H115N21O28S4. The number of likely N-dealkylation sites (N-methyl/N-ethyl adjacent to an activating group) is 1. The van der Waals surface area contributed by atoms with Crippen LogP contribution in [0.3, 0.4) is 0 Å². The van der Waals surface area contributed by atoms with Crippen LogP contribution >= 0.6 is 0 Å². The van der Waals surface area contributed by atoms with Crippen LogP contribution in [-0.2, 0) is 130 Å². The van der Waals surface area contributed by atoms with Crippen LogP contribution in [0, 0.1) is 27.7 Å². The van der Waals surface area contributed by atoms with E-state index >= 15 is 0 Å². The Labute approximate surface area is 799 Å². The number of hydrogen-bond acceptors (Lipinski definition) is 29. The third kappa shape index (κ3) is 32.4. The minimum Gasteiger partial charge on any atom is -0.494 e. The van der Waals surface area contributed by atoms with Crippen molar-refractivity contribution in [3.05, 3.63) is 163 Å². The van der Waals surface area contributed by atoms with Gasteiger partial charge in [0.25, 0.3) is 32.1 Å². The smallest absolute Gasteiger partial charge is 0.323 e. The molecule has 49 nitrogen and oxygen atoms in total. The van der Waals surface area contributed by atoms with Crippen molar-refractivity contribution in [3.63, 3.8) is 0 Å². The van der Waals surface area contributed by atoms with Crippen molar-refractivity contribution in [2.45, 2.75) is 158 Å². The number of hydrogen-bond donors (Lipinski definition) is 19. The summed E-state index contributed by atoms with van der Waals surface area (Å²) in [5, 5.41) is 53.2. The number of rotatable bonds is 55. The Balaban J connectivity index is 0.709. The molecule has 139 heavy (non-hydrogen) atoms. The number of nitrogens with one attached hydrogen (secondary N) is 15. The lowest BCUT2D eigenvalue weighted by molar-refractivity contribution is -0.139. The van der Waals surface area contributed by atoms with Crippen LogP contribution in [-0.4, -0.2) is 266 Å². The molecule has 7 atom stereocenters. The number of pyridine rings is 2. The van der Waals surface area contributed by atoms with E-state index in [2.05, 4.69) is 88.5 Å². The fourth-order valence-electron chi connectivity index (χ4n) is 14.6. The zero-order valence-corrected chi connectivity index (χ0v) is 81.1. The van der Waals surface area contributed by atoms with E-state index in [1.807, 2.05) is 14.1 Å². The van der Waals surface area contributed by atoms with E-state index in [0.29, 0.717) is 36.0 Å². The molecule has 53 heteroatoms. The van der Waals surface area contributed by atoms with Gasteiger partial charge in [-0.25, -0.2) is 26.8 Å². The van der Waals surface area contributed by atoms with E-state index in [-0.39, 0.29) is 143 Å². The molecule has 0 saturated carbocycles. The predicted molar refractivity (Wildman–Crippen MR) is 504 cm³/mol. The van der Waals surface area contributed by atoms with Gasteiger partial charge in [0.1, 0.15) is 70.4 Å². The van der Waals surface area contributed by atoms with Crippen LogP contribution in [0.5, 0.6) is 11.5 Å². The number of fused-ring (bicyclic) bond motifs is 2. The van der Waals surface area contributed by atoms with Gasteiger partial charge in [0.15, 0.2) is 0 Å². The van der Waals surface area contributed by atoms with Crippen LogP contribution in [0.1, 0.15) is 119 Å². The Hall–Kier alpha value is -13.8. The quantitative estimate of drug-likeness (QED) is 0.0145. The molecule has 0 aliphatic heterocycles. The zero-order chi connectivity index (χ0) is 103. The normalized spacial score (nSPS) is 13.2. The zero-order valence-electron chi connectivity index (χ0n) is 77.8. The first kappa shape index (κ1) is 110. The molecule has 0 spiro atoms. The average Bonchev–Trinajstić information content (AvgIpc) is 1.15. The summed E-state index contributed by atoms with van der Waals surface area (Å²) in [7, 11) is -11.2. The van der Waals surface area contributed by atoms with Gasteiger partial charge in [-0.1, -0.05) is 26.0 Å². The minimum absolute atomic E-state index is 0.0490. The number of carbonyl (C=O) groups excluding carboxylic acids is 10. The van der Waals surface area contributed by atoms with Gasteiger partial charge in [-0.2, -0.15) is 26.3 Å². The van der Waals surface area contributed by atoms with E-state index in [1.165, 1.54) is 85.2 Å². The molecule has 0 bridgehead atoms. The van der Waals surface area contributed by atoms with Gasteiger partial charge in [0, 0.05) is 148 Å². The number of aromatic nitrogens is 6. The summed E-state index contributed by atoms with van der Waals surface area (Å²) < 4.78 is 146. The summed E-state index contributed by atoms with van der Waals surface area (Å²) in [5.41, 5.74) is 1.31. The maximum absolute atomic E-state index is 13.8. The number of benzene rings is 4. The van der Waals surface area contributed by atoms with Crippen molar-refractivity contribution in [2.75, 3.05) is 81.7 Å². The number of nitrogens with zero attached hydrogens (tertiary/aromatic N) is 6. The standard InChI is InChI=1S/C86H115N21O28S4/c1-12-60(78(115)90-26-24-88-69(108)16-14-32-134-54-34-48(3)74(49(4)35-54)138(130,131)102-63(83(120)121)42-94-76(113)58-44-106(10)67-38-52(18-20-56(67)72(58)111)40-96-85-92-28-30-104(85)8)99-81(118)65(46-136(124,125)126)98-71(110)23-22-62(87-7)80(117)101-66(47-137(127,128)129)82(119)100-61(13-2)79(116)91-27-25-89-70(109)17-15-33-135-55-36-50(5)75(51(6)37-55)139(132,133)103-64(84(122)123)43-95-77(114)59-45-107(11)68-39-53(19-21-57(68)73(59)112)41-97-86-93-29-31-105(86)9/h18-21,28-31,34-39,44-45,60-66,87,102-103H,12-17,22-27,32-33,40-43,46-47H2,1-11H3,(H,88,108)(H,89,109)(H,90,115)(H,91,116)(H,92,96)(H,93,97)(H,94,113)(H,95,114)(H,98,110)(H,99,118)(H,100,119)(H,101,117)(H,120,121)(H,122,123)(H,124,125,126)(H,127,128,129)/t60-,61-,62-,63?,64?,65-,66-/m0/s1. The lowest BCUT2D eigenvalue weighted by Gasteiger charge is -2.24. The highest BCUT2D eigenvalue weighted by Gasteiger charge is 2.36. The summed E-state index contributed by atoms with van der Waals surface area (Å²) in [5.74, 6) is -13.7. The van der Waals surface area contributed by atoms with Crippen LogP contribution in [0.15, 0.2) is 117 Å². The van der Waals surface area contributed by atoms with Gasteiger partial charge >= 0.3 is 11.9 Å². The molecule has 0 radical (unpaired) electrons. The molecular weight excluding hydrogens is 1900 g/mol. The van der Waals surface area contributed by atoms with Gasteiger partial charge in [-0.3, -0.25) is 76.2 Å². The monoisotopic (exact) mass is 2020 g/mol. The lowest BCUT2D eigenvalue weighted by Crippen LogP contribution is -2.58. The van der Waals surface area contributed by atoms with Crippen LogP contribution in [0.2, 0.25) is 0 Å². The molecule has 4 aromatic heterocycles. The molecule has 10 amide bonds. The van der Waals surface area contributed by atoms with Crippen LogP contribution in [0.4, 0.5) is 11.9 Å². The number of sulfonamides is 2. The number of carbonyl (C=O) groups is 12. The largest absolute Gasteiger partial charge is 0.494 e. The molecule has 0 saturated heterocycles. The summed E-state index contributed by atoms with van der Waals surface area (Å²) in [6.45, 7) is 7.16. The van der Waals surface area contributed by atoms with Gasteiger partial charge in [0.05, 0.1) is 40.1 Å². The second-order valence-corrected chi connectivity index (χ2v) is 38.8. The van der Waals surface area contributed by atoms with Crippen LogP contribution in [0.25, 0.3) is 21.8 Å². The summed E-state index contributed by atoms with van der Waals surface area (Å²) in [6, 6.07) is 3.44. The summed E-state index contributed by atoms with van der Waals surface area (Å²) in [4.78, 5) is 193. The van der Waals surface area contributed by atoms with Crippen molar-refractivity contribution in [3.8, 4) is 11.5 Å². The first-order chi connectivity index (χ1) is 65.4. The maximum Gasteiger partial charge on any atom is 0.323 e. The molecule has 0 aliphatic rings. The van der Waals surface area contributed by atoms with Crippen LogP contribution < -0.4 is 98.9 Å². The topological polar surface area (TPSA) is 701 Å². The second-order valence-electron chi connectivity index (χ2n) is 32.5. The molecule has 756 valence electrons. The number of aliphatic carboxylic acids is 2. The number of anilines is 2. The number of carboxylic acid groups (broad SMARTS) is 2. The molecule has 8 rings (SSSR count). The first-order valence-electron chi connectivity index (χ1n) is 43.5. The van der Waals surface area contributed by atoms with Crippen molar-refractivity contribution in [1.29, 1.82) is 0 Å². The number of ether oxygens (including phenoxy) is 2. The number of carboxylic acids is 2. The SMILES string of the molecule is CC[C@H](NC(=O)[C@H](CS(=O)(=O)O)NC(=O)CC[C@H](NC)C(=O)N[C@@H](CS(=O)(=O)O)C(=O)N[C@@H](CC)C(=O)NCCNC(=O)CCCOc1cc(C)c(S(=O)(=O)NC(CNC(=O)c2cn(C)c3cc(CNc4nccn4C)ccc3c2=O)C(=O)O)c(C)c1)C(=O)NCCNC(=O)CCCOc1cc(C)c(S(=O)(=O)NC(CNC(=O)c2cn(C)c3cc(CNc4nccn4C)ccc3c2=O)C(=O)O)c(C)c1. The van der Waals surface area contributed by atoms with E-state index in [0.717, 1.165) is 11.1 Å². The van der Waals surface area contributed by atoms with Crippen molar-refractivity contribution < 1.29 is 120 Å². The molecule has 0 aliphatic carbocycles. The average molecular weight is 2020 g/mol. The van der Waals surface area contributed by atoms with Crippen molar-refractivity contribution >= 4 is 145 Å². The van der Waals surface area contributed by atoms with Gasteiger partial charge in [-0.15, -0.1) is 0 Å².